The number of hydrogen-bond donors (Lipinski definition) is 0. The summed E-state index contributed by atoms with van der Waals surface area (Å²) in [6.45, 7) is 0. The Kier molecular flexibility index (Phi) is 12.1. The molecule has 0 aliphatic carbocycles. The molecule has 5 heteroatoms. The first kappa shape index (κ1) is 10.1. The van der Waals surface area contributed by atoms with Crippen LogP contribution in [0.1, 0.15) is 0 Å². The van der Waals surface area contributed by atoms with Crippen molar-refractivity contribution in [3.63, 3.8) is 0 Å². The fourth-order valence-corrected chi connectivity index (χ4v) is 0. The van der Waals surface area contributed by atoms with Gasteiger partial charge in [0.05, 0.1) is 0 Å². The summed E-state index contributed by atoms with van der Waals surface area (Å²) in [4.78, 5) is 0. The van der Waals surface area contributed by atoms with Crippen LogP contribution < -0.4 is 0 Å². The molecule has 0 aromatic heterocycles. The molecule has 5 heavy (non-hydrogen) atoms. The Hall–Kier alpha value is 2.00. The van der Waals surface area contributed by atoms with Crippen LogP contribution in [0.5, 0.6) is 0 Å². The fraction of sp³-hybridized carbons (Fsp3) is 0. The molecule has 0 heterocycles. The van der Waals surface area contributed by atoms with Gasteiger partial charge in [0.1, 0.15) is 0 Å². The number of halogens is 3. The van der Waals surface area contributed by atoms with E-state index in [2.05, 4.69) is 0 Å². The average molecular weight is 231 g/mol. The molecule has 0 aromatic rings. The van der Waals surface area contributed by atoms with Gasteiger partial charge in [-0.05, 0) is 0 Å². The van der Waals surface area contributed by atoms with Crippen LogP contribution in [0.15, 0.2) is 0 Å². The summed E-state index contributed by atoms with van der Waals surface area (Å²) in [5.41, 5.74) is 0. The third-order valence-electron chi connectivity index (χ3n) is 0. The molecule has 0 unspecified atom stereocenters. The summed E-state index contributed by atoms with van der Waals surface area (Å²) in [6, 6.07) is 0. The van der Waals surface area contributed by atoms with Gasteiger partial charge in [-0.1, -0.05) is 0 Å². The van der Waals surface area contributed by atoms with E-state index in [9.17, 15) is 0 Å². The summed E-state index contributed by atoms with van der Waals surface area (Å²) in [7, 11) is 13.4. The molecule has 0 aromatic carbocycles. The minimum Gasteiger partial charge on any atom is 0 e. The molecule has 0 N–H and O–H groups in total. The monoisotopic (exact) mass is 228 g/mol. The van der Waals surface area contributed by atoms with E-state index in [1.165, 1.54) is 0 Å². The molecule has 0 atom stereocenters. The molecule has 0 radical (unpaired) electrons. The second-order valence-corrected chi connectivity index (χ2v) is 5.30. The smallest absolute Gasteiger partial charge is 0 e. The van der Waals surface area contributed by atoms with E-state index in [1.54, 1.807) is 0 Å². The second-order valence-electron chi connectivity index (χ2n) is 0.143. The first-order chi connectivity index (χ1) is 1.73. The minimum atomic E-state index is -1.19. The summed E-state index contributed by atoms with van der Waals surface area (Å²) < 4.78 is 0. The maximum absolute atomic E-state index is 4.87. The largest absolute Gasteiger partial charge is 0 e. The van der Waals surface area contributed by atoms with Crippen molar-refractivity contribution < 1.29 is 30.4 Å². The van der Waals surface area contributed by atoms with Gasteiger partial charge in [0, 0.05) is 19.5 Å². The second kappa shape index (κ2) is 6.00. The van der Waals surface area contributed by atoms with Gasteiger partial charge in [-0.25, -0.2) is 0 Å². The van der Waals surface area contributed by atoms with Gasteiger partial charge >= 0.3 is 41.4 Å². The standard InChI is InChI=1S/3ClH.Co.Zn/h3*1H;;/q;;;+3;/p-3. The van der Waals surface area contributed by atoms with E-state index >= 15 is 0 Å². The van der Waals surface area contributed by atoms with E-state index in [0.29, 0.717) is 0 Å². The van der Waals surface area contributed by atoms with Crippen LogP contribution in [-0.4, -0.2) is 0 Å². The zero-order valence-electron chi connectivity index (χ0n) is 2.17. The molecule has 0 aliphatic rings. The Morgan fingerprint density at radius 1 is 1.00 bits per heavy atom. The van der Waals surface area contributed by atoms with Crippen molar-refractivity contribution in [2.24, 2.45) is 0 Å². The van der Waals surface area contributed by atoms with Gasteiger partial charge in [0.25, 0.3) is 0 Å². The molecular weight excluding hydrogens is 231 g/mol. The van der Waals surface area contributed by atoms with Crippen LogP contribution in [0.4, 0.5) is 0 Å². The quantitative estimate of drug-likeness (QED) is 0.559. The molecule has 0 aliphatic heterocycles. The predicted octanol–water partition coefficient (Wildman–Crippen LogP) is 2.06. The van der Waals surface area contributed by atoms with Crippen molar-refractivity contribution in [2.75, 3.05) is 0 Å². The Morgan fingerprint density at radius 3 is 1.00 bits per heavy atom. The maximum Gasteiger partial charge on any atom is 0 e. The van der Waals surface area contributed by atoms with Crippen molar-refractivity contribution in [3.8, 4) is 0 Å². The third-order valence-corrected chi connectivity index (χ3v) is 0. The van der Waals surface area contributed by atoms with Crippen LogP contribution in [0, 0.1) is 0 Å². The van der Waals surface area contributed by atoms with E-state index in [1.807, 2.05) is 0 Å². The maximum atomic E-state index is 4.87. The molecular formula is Cl3CoZn. The van der Waals surface area contributed by atoms with Crippen molar-refractivity contribution in [3.05, 3.63) is 0 Å². The third kappa shape index (κ3) is 24.0. The molecule has 0 amide bonds. The topological polar surface area (TPSA) is 0 Å². The van der Waals surface area contributed by atoms with Crippen LogP contribution >= 0.6 is 30.4 Å². The van der Waals surface area contributed by atoms with Crippen molar-refractivity contribution in [1.29, 1.82) is 0 Å². The summed E-state index contributed by atoms with van der Waals surface area (Å²) in [5, 5.41) is 0. The SMILES string of the molecule is [Cl][Co]([Cl])[Cl].[Zn]. The Morgan fingerprint density at radius 2 is 1.00 bits per heavy atom. The molecule has 0 fully saturated rings. The first-order valence-corrected chi connectivity index (χ1v) is 4.68. The molecule has 0 nitrogen and oxygen atoms in total. The minimum absolute atomic E-state index is 0. The van der Waals surface area contributed by atoms with E-state index in [0.717, 1.165) is 0 Å². The predicted molar refractivity (Wildman–Crippen MR) is 17.6 cm³/mol. The van der Waals surface area contributed by atoms with Crippen LogP contribution in [0.25, 0.3) is 0 Å². The van der Waals surface area contributed by atoms with Crippen molar-refractivity contribution >= 4 is 30.4 Å². The van der Waals surface area contributed by atoms with Gasteiger partial charge in [-0.15, -0.1) is 0 Å². The first-order valence-electron chi connectivity index (χ1n) is 0.378. The Bertz CT molecular complexity index is 11.6. The van der Waals surface area contributed by atoms with Crippen molar-refractivity contribution in [2.45, 2.75) is 0 Å². The van der Waals surface area contributed by atoms with Gasteiger partial charge in [-0.2, -0.15) is 0 Å². The summed E-state index contributed by atoms with van der Waals surface area (Å²) >= 11 is 0. The zero-order chi connectivity index (χ0) is 3.58. The molecule has 0 saturated heterocycles. The van der Waals surface area contributed by atoms with Crippen LogP contribution in [0.2, 0.25) is 0 Å². The van der Waals surface area contributed by atoms with Gasteiger partial charge in [-0.3, -0.25) is 0 Å². The average Bonchev–Trinajstić information content (AvgIpc) is 0.811. The summed E-state index contributed by atoms with van der Waals surface area (Å²) in [6.07, 6.45) is 0. The molecule has 0 rings (SSSR count). The molecule has 0 spiro atoms. The normalized spacial score (nSPS) is 9.00. The van der Waals surface area contributed by atoms with E-state index < -0.39 is 10.9 Å². The Balaban J connectivity index is 0. The van der Waals surface area contributed by atoms with Gasteiger partial charge < -0.3 is 0 Å². The van der Waals surface area contributed by atoms with Gasteiger partial charge in [0.2, 0.25) is 0 Å². The fourth-order valence-electron chi connectivity index (χ4n) is 0. The summed E-state index contributed by atoms with van der Waals surface area (Å²) in [5.74, 6) is 0. The van der Waals surface area contributed by atoms with Crippen LogP contribution in [-0.2, 0) is 30.4 Å². The van der Waals surface area contributed by atoms with Crippen LogP contribution in [0.3, 0.4) is 0 Å². The number of rotatable bonds is 0. The van der Waals surface area contributed by atoms with E-state index in [4.69, 9.17) is 30.4 Å². The van der Waals surface area contributed by atoms with Crippen molar-refractivity contribution in [1.82, 2.24) is 0 Å². The molecule has 0 bridgehead atoms. The number of hydrogen-bond acceptors (Lipinski definition) is 0. The van der Waals surface area contributed by atoms with Gasteiger partial charge in [0.15, 0.2) is 0 Å². The molecule has 32 valence electrons. The molecule has 0 saturated carbocycles. The zero-order valence-corrected chi connectivity index (χ0v) is 8.45. The Labute approximate surface area is 60.4 Å². The van der Waals surface area contributed by atoms with E-state index in [-0.39, 0.29) is 19.5 Å².